The van der Waals surface area contributed by atoms with E-state index in [2.05, 4.69) is 33.7 Å². The first kappa shape index (κ1) is 19.1. The van der Waals surface area contributed by atoms with Gasteiger partial charge in [-0.1, -0.05) is 6.07 Å². The highest BCUT2D eigenvalue weighted by Gasteiger charge is 2.25. The molecule has 0 unspecified atom stereocenters. The number of rotatable bonds is 3. The van der Waals surface area contributed by atoms with Crippen LogP contribution in [0.2, 0.25) is 0 Å². The van der Waals surface area contributed by atoms with Crippen molar-refractivity contribution in [3.63, 3.8) is 0 Å². The lowest BCUT2D eigenvalue weighted by molar-refractivity contribution is -0.120. The molecular formula is C23H27N5O2. The molecule has 1 fully saturated rings. The van der Waals surface area contributed by atoms with Crippen LogP contribution in [0.3, 0.4) is 0 Å². The average molecular weight is 406 g/mol. The Balaban J connectivity index is 1.62. The Morgan fingerprint density at radius 1 is 1.17 bits per heavy atom. The molecule has 2 aromatic heterocycles. The van der Waals surface area contributed by atoms with Crippen molar-refractivity contribution in [2.75, 3.05) is 44.7 Å². The second kappa shape index (κ2) is 7.74. The summed E-state index contributed by atoms with van der Waals surface area (Å²) < 4.78 is 7.87. The lowest BCUT2D eigenvalue weighted by Crippen LogP contribution is -2.35. The van der Waals surface area contributed by atoms with Gasteiger partial charge in [0.25, 0.3) is 5.91 Å². The number of aromatic nitrogens is 2. The molecule has 0 spiro atoms. The van der Waals surface area contributed by atoms with Crippen LogP contribution in [0.5, 0.6) is 5.75 Å². The van der Waals surface area contributed by atoms with E-state index in [-0.39, 0.29) is 12.5 Å². The lowest BCUT2D eigenvalue weighted by atomic mass is 10.1. The molecule has 0 aliphatic carbocycles. The number of benzene rings is 1. The summed E-state index contributed by atoms with van der Waals surface area (Å²) in [6, 6.07) is 12.3. The van der Waals surface area contributed by atoms with Crippen molar-refractivity contribution < 1.29 is 9.53 Å². The Labute approximate surface area is 176 Å². The van der Waals surface area contributed by atoms with Gasteiger partial charge >= 0.3 is 0 Å². The molecule has 0 radical (unpaired) electrons. The lowest BCUT2D eigenvalue weighted by Gasteiger charge is -2.26. The Bertz CT molecular complexity index is 1100. The molecule has 0 atom stereocenters. The smallest absolute Gasteiger partial charge is 0.264 e. The molecule has 2 aliphatic heterocycles. The van der Waals surface area contributed by atoms with Gasteiger partial charge in [-0.25, -0.2) is 4.98 Å². The van der Waals surface area contributed by atoms with Crippen molar-refractivity contribution in [1.29, 1.82) is 0 Å². The fourth-order valence-electron chi connectivity index (χ4n) is 4.39. The minimum atomic E-state index is -0.0391. The van der Waals surface area contributed by atoms with Crippen LogP contribution in [0.4, 0.5) is 5.69 Å². The van der Waals surface area contributed by atoms with E-state index in [1.54, 1.807) is 11.9 Å². The number of hydrogen-bond donors (Lipinski definition) is 1. The summed E-state index contributed by atoms with van der Waals surface area (Å²) in [6.45, 7) is 7.22. The summed E-state index contributed by atoms with van der Waals surface area (Å²) in [5.74, 6) is 0.698. The van der Waals surface area contributed by atoms with E-state index in [1.165, 1.54) is 11.4 Å². The van der Waals surface area contributed by atoms with Gasteiger partial charge in [-0.3, -0.25) is 14.1 Å². The molecule has 2 aliphatic rings. The first-order valence-electron chi connectivity index (χ1n) is 10.6. The standard InChI is InChI=1S/C23H27N5O2/c1-16-5-3-6-21-25-23(19(28(16)21)14-27-11-4-9-24-10-12-27)17-7-8-20-18(13-17)26(2)22(29)15-30-20/h3,5-8,13,24H,4,9-12,14-15H2,1-2H3. The van der Waals surface area contributed by atoms with Gasteiger partial charge in [-0.05, 0) is 56.8 Å². The Hall–Kier alpha value is -2.90. The number of likely N-dealkylation sites (N-methyl/N-ethyl adjacent to an activating group) is 1. The summed E-state index contributed by atoms with van der Waals surface area (Å²) in [4.78, 5) is 21.3. The maximum absolute atomic E-state index is 12.1. The van der Waals surface area contributed by atoms with Gasteiger partial charge in [0, 0.05) is 37.9 Å². The predicted molar refractivity (Wildman–Crippen MR) is 117 cm³/mol. The molecule has 7 nitrogen and oxygen atoms in total. The van der Waals surface area contributed by atoms with E-state index in [1.807, 2.05) is 24.3 Å². The minimum absolute atomic E-state index is 0.0391. The van der Waals surface area contributed by atoms with Crippen molar-refractivity contribution in [3.8, 4) is 17.0 Å². The number of aryl methyl sites for hydroxylation is 1. The van der Waals surface area contributed by atoms with Gasteiger partial charge in [0.1, 0.15) is 11.4 Å². The number of nitrogens with zero attached hydrogens (tertiary/aromatic N) is 4. The molecule has 5 rings (SSSR count). The number of imidazole rings is 1. The number of pyridine rings is 1. The third kappa shape index (κ3) is 3.34. The van der Waals surface area contributed by atoms with E-state index in [0.717, 1.165) is 67.5 Å². The van der Waals surface area contributed by atoms with E-state index < -0.39 is 0 Å². The molecule has 156 valence electrons. The highest BCUT2D eigenvalue weighted by Crippen LogP contribution is 2.36. The summed E-state index contributed by atoms with van der Waals surface area (Å²) >= 11 is 0. The van der Waals surface area contributed by atoms with Crippen molar-refractivity contribution in [2.45, 2.75) is 19.9 Å². The SMILES string of the molecule is Cc1cccc2nc(-c3ccc4c(c3)N(C)C(=O)CO4)c(CN3CCCNCC3)n12. The summed E-state index contributed by atoms with van der Waals surface area (Å²) in [6.07, 6.45) is 1.15. The normalized spacial score (nSPS) is 17.7. The zero-order chi connectivity index (χ0) is 20.7. The van der Waals surface area contributed by atoms with Gasteiger partial charge in [0.15, 0.2) is 6.61 Å². The second-order valence-corrected chi connectivity index (χ2v) is 8.07. The first-order chi connectivity index (χ1) is 14.6. The molecule has 1 amide bonds. The van der Waals surface area contributed by atoms with Crippen LogP contribution >= 0.6 is 0 Å². The molecule has 1 saturated heterocycles. The maximum atomic E-state index is 12.1. The summed E-state index contributed by atoms with van der Waals surface area (Å²) in [7, 11) is 1.80. The van der Waals surface area contributed by atoms with Gasteiger partial charge in [-0.2, -0.15) is 0 Å². The molecule has 1 aromatic carbocycles. The zero-order valence-corrected chi connectivity index (χ0v) is 17.5. The van der Waals surface area contributed by atoms with E-state index >= 15 is 0 Å². The van der Waals surface area contributed by atoms with E-state index in [0.29, 0.717) is 0 Å². The van der Waals surface area contributed by atoms with Crippen LogP contribution in [0.1, 0.15) is 17.8 Å². The molecule has 0 saturated carbocycles. The van der Waals surface area contributed by atoms with Crippen LogP contribution < -0.4 is 15.0 Å². The van der Waals surface area contributed by atoms with Crippen LogP contribution in [-0.2, 0) is 11.3 Å². The number of nitrogens with one attached hydrogen (secondary N) is 1. The van der Waals surface area contributed by atoms with E-state index in [4.69, 9.17) is 9.72 Å². The maximum Gasteiger partial charge on any atom is 0.264 e. The second-order valence-electron chi connectivity index (χ2n) is 8.07. The van der Waals surface area contributed by atoms with Gasteiger partial charge in [0.05, 0.1) is 17.1 Å². The first-order valence-corrected chi connectivity index (χ1v) is 10.6. The highest BCUT2D eigenvalue weighted by atomic mass is 16.5. The number of carbonyl (C=O) groups excluding carboxylic acids is 1. The molecular weight excluding hydrogens is 378 g/mol. The number of hydrogen-bond acceptors (Lipinski definition) is 5. The number of anilines is 1. The topological polar surface area (TPSA) is 62.1 Å². The van der Waals surface area contributed by atoms with Crippen LogP contribution in [-0.4, -0.2) is 60.0 Å². The van der Waals surface area contributed by atoms with Gasteiger partial charge in [0.2, 0.25) is 0 Å². The number of carbonyl (C=O) groups is 1. The third-order valence-corrected chi connectivity index (χ3v) is 6.06. The molecule has 30 heavy (non-hydrogen) atoms. The molecule has 1 N–H and O–H groups in total. The molecule has 0 bridgehead atoms. The van der Waals surface area contributed by atoms with Gasteiger partial charge < -0.3 is 15.0 Å². The minimum Gasteiger partial charge on any atom is -0.482 e. The predicted octanol–water partition coefficient (Wildman–Crippen LogP) is 2.46. The molecule has 3 aromatic rings. The Kier molecular flexibility index (Phi) is 4.92. The average Bonchev–Trinajstić information content (AvgIpc) is 2.92. The number of fused-ring (bicyclic) bond motifs is 2. The summed E-state index contributed by atoms with van der Waals surface area (Å²) in [5, 5.41) is 3.48. The van der Waals surface area contributed by atoms with Crippen LogP contribution in [0.25, 0.3) is 16.9 Å². The van der Waals surface area contributed by atoms with Crippen LogP contribution in [0, 0.1) is 6.92 Å². The van der Waals surface area contributed by atoms with Crippen molar-refractivity contribution >= 4 is 17.2 Å². The quantitative estimate of drug-likeness (QED) is 0.725. The fraction of sp³-hybridized carbons (Fsp3) is 0.391. The van der Waals surface area contributed by atoms with Crippen LogP contribution in [0.15, 0.2) is 36.4 Å². The Morgan fingerprint density at radius 2 is 2.07 bits per heavy atom. The summed E-state index contributed by atoms with van der Waals surface area (Å²) in [5.41, 5.74) is 6.08. The fourth-order valence-corrected chi connectivity index (χ4v) is 4.39. The van der Waals surface area contributed by atoms with Gasteiger partial charge in [-0.15, -0.1) is 0 Å². The molecule has 7 heteroatoms. The number of amides is 1. The largest absolute Gasteiger partial charge is 0.482 e. The monoisotopic (exact) mass is 405 g/mol. The highest BCUT2D eigenvalue weighted by molar-refractivity contribution is 5.98. The zero-order valence-electron chi connectivity index (χ0n) is 17.5. The van der Waals surface area contributed by atoms with Crippen molar-refractivity contribution in [3.05, 3.63) is 47.8 Å². The molecule has 4 heterocycles. The van der Waals surface area contributed by atoms with Crippen molar-refractivity contribution in [1.82, 2.24) is 19.6 Å². The van der Waals surface area contributed by atoms with E-state index in [9.17, 15) is 4.79 Å². The third-order valence-electron chi connectivity index (χ3n) is 6.06. The van der Waals surface area contributed by atoms with Crippen molar-refractivity contribution in [2.24, 2.45) is 0 Å². The Morgan fingerprint density at radius 3 is 2.97 bits per heavy atom. The number of ether oxygens (including phenoxy) is 1.